The van der Waals surface area contributed by atoms with Crippen LogP contribution in [0.1, 0.15) is 17.5 Å². The molecule has 1 aromatic carbocycles. The van der Waals surface area contributed by atoms with E-state index in [2.05, 4.69) is 47.8 Å². The van der Waals surface area contributed by atoms with Crippen LogP contribution < -0.4 is 0 Å². The van der Waals surface area contributed by atoms with Gasteiger partial charge in [-0.2, -0.15) is 0 Å². The summed E-state index contributed by atoms with van der Waals surface area (Å²) in [5.74, 6) is 2.57. The van der Waals surface area contributed by atoms with Crippen molar-refractivity contribution in [2.45, 2.75) is 16.3 Å². The molecule has 0 saturated carbocycles. The summed E-state index contributed by atoms with van der Waals surface area (Å²) in [6, 6.07) is 8.91. The molecule has 2 aliphatic heterocycles. The fourth-order valence-electron chi connectivity index (χ4n) is 1.90. The Balaban J connectivity index is 2.13. The molecule has 1 unspecified atom stereocenters. The molecule has 1 spiro atoms. The van der Waals surface area contributed by atoms with Gasteiger partial charge < -0.3 is 0 Å². The minimum Gasteiger partial charge on any atom is -0.139 e. The average Bonchev–Trinajstić information content (AvgIpc) is 2.42. The topological polar surface area (TPSA) is 0 Å². The molecule has 62 valence electrons. The molecule has 0 nitrogen and oxygen atoms in total. The van der Waals surface area contributed by atoms with E-state index < -0.39 is 0 Å². The molecule has 0 aromatic heterocycles. The van der Waals surface area contributed by atoms with Crippen molar-refractivity contribution in [2.24, 2.45) is 0 Å². The summed E-state index contributed by atoms with van der Waals surface area (Å²) in [5.41, 5.74) is 3.17. The molecule has 2 heterocycles. The van der Waals surface area contributed by atoms with Crippen molar-refractivity contribution in [3.8, 4) is 0 Å². The third-order valence-corrected chi connectivity index (χ3v) is 6.01. The minimum atomic E-state index is 0.483. The van der Waals surface area contributed by atoms with E-state index in [1.807, 2.05) is 0 Å². The van der Waals surface area contributed by atoms with E-state index >= 15 is 0 Å². The third-order valence-electron chi connectivity index (χ3n) is 2.65. The second-order valence-electron chi connectivity index (χ2n) is 3.30. The molecule has 0 N–H and O–H groups in total. The number of thioether (sulfide) groups is 2. The number of rotatable bonds is 0. The van der Waals surface area contributed by atoms with Crippen molar-refractivity contribution >= 4 is 23.5 Å². The summed E-state index contributed by atoms with van der Waals surface area (Å²) in [7, 11) is 0. The predicted octanol–water partition coefficient (Wildman–Crippen LogP) is 3.22. The van der Waals surface area contributed by atoms with E-state index in [-0.39, 0.29) is 0 Å². The summed E-state index contributed by atoms with van der Waals surface area (Å²) in [6.07, 6.45) is 1.37. The summed E-state index contributed by atoms with van der Waals surface area (Å²) in [4.78, 5) is 0. The molecule has 2 aliphatic rings. The Morgan fingerprint density at radius 1 is 1.17 bits per heavy atom. The maximum atomic E-state index is 2.31. The van der Waals surface area contributed by atoms with Crippen LogP contribution in [0.15, 0.2) is 24.3 Å². The van der Waals surface area contributed by atoms with E-state index in [9.17, 15) is 0 Å². The highest BCUT2D eigenvalue weighted by molar-refractivity contribution is 8.18. The Hall–Kier alpha value is -0.0800. The summed E-state index contributed by atoms with van der Waals surface area (Å²) in [5, 5.41) is 0. The summed E-state index contributed by atoms with van der Waals surface area (Å²) in [6.45, 7) is 0. The summed E-state index contributed by atoms with van der Waals surface area (Å²) >= 11 is 4.24. The lowest BCUT2D eigenvalue weighted by atomic mass is 10.0. The molecule has 3 rings (SSSR count). The van der Waals surface area contributed by atoms with Crippen LogP contribution in [0.4, 0.5) is 0 Å². The third kappa shape index (κ3) is 0.826. The van der Waals surface area contributed by atoms with Crippen molar-refractivity contribution in [3.05, 3.63) is 35.4 Å². The maximum absolute atomic E-state index is 2.31. The highest BCUT2D eigenvalue weighted by Gasteiger charge is 2.44. The first-order valence-electron chi connectivity index (χ1n) is 4.27. The molecule has 12 heavy (non-hydrogen) atoms. The van der Waals surface area contributed by atoms with Gasteiger partial charge in [-0.1, -0.05) is 24.3 Å². The Morgan fingerprint density at radius 2 is 2.00 bits per heavy atom. The van der Waals surface area contributed by atoms with Crippen molar-refractivity contribution in [1.82, 2.24) is 0 Å². The fourth-order valence-corrected chi connectivity index (χ4v) is 4.98. The number of fused-ring (bicyclic) bond motifs is 2. The van der Waals surface area contributed by atoms with Crippen LogP contribution in [0.2, 0.25) is 0 Å². The maximum Gasteiger partial charge on any atom is 0.0874 e. The molecule has 1 aromatic rings. The first-order valence-corrected chi connectivity index (χ1v) is 6.24. The zero-order valence-electron chi connectivity index (χ0n) is 6.75. The van der Waals surface area contributed by atoms with Gasteiger partial charge in [-0.15, -0.1) is 23.5 Å². The highest BCUT2D eigenvalue weighted by Crippen LogP contribution is 2.62. The molecular weight excluding hydrogens is 184 g/mol. The number of hydrogen-bond donors (Lipinski definition) is 0. The van der Waals surface area contributed by atoms with E-state index in [4.69, 9.17) is 0 Å². The fraction of sp³-hybridized carbons (Fsp3) is 0.400. The first kappa shape index (κ1) is 7.34. The minimum absolute atomic E-state index is 0.483. The van der Waals surface area contributed by atoms with Crippen molar-refractivity contribution in [2.75, 3.05) is 5.75 Å². The molecule has 1 atom stereocenters. The first-order chi connectivity index (χ1) is 5.91. The second kappa shape index (κ2) is 2.46. The SMILES string of the molecule is c1ccc2c(c1)CSC21CCS1. The molecule has 2 heteroatoms. The lowest BCUT2D eigenvalue weighted by Crippen LogP contribution is -2.25. The van der Waals surface area contributed by atoms with Crippen molar-refractivity contribution in [1.29, 1.82) is 0 Å². The molecule has 0 aliphatic carbocycles. The second-order valence-corrected chi connectivity index (χ2v) is 6.22. The van der Waals surface area contributed by atoms with Gasteiger partial charge in [0.1, 0.15) is 0 Å². The number of hydrogen-bond acceptors (Lipinski definition) is 2. The molecular formula is C10H10S2. The van der Waals surface area contributed by atoms with Crippen molar-refractivity contribution in [3.63, 3.8) is 0 Å². The Bertz CT molecular complexity index is 315. The lowest BCUT2D eigenvalue weighted by molar-refractivity contribution is 0.794. The molecule has 0 radical (unpaired) electrons. The van der Waals surface area contributed by atoms with Gasteiger partial charge in [0.2, 0.25) is 0 Å². The van der Waals surface area contributed by atoms with Gasteiger partial charge in [0, 0.05) is 5.75 Å². The van der Waals surface area contributed by atoms with Crippen molar-refractivity contribution < 1.29 is 0 Å². The van der Waals surface area contributed by atoms with Crippen LogP contribution >= 0.6 is 23.5 Å². The van der Waals surface area contributed by atoms with Crippen LogP contribution in [0.25, 0.3) is 0 Å². The summed E-state index contributed by atoms with van der Waals surface area (Å²) < 4.78 is 0.483. The molecule has 1 saturated heterocycles. The highest BCUT2D eigenvalue weighted by atomic mass is 32.2. The van der Waals surface area contributed by atoms with Crippen LogP contribution in [-0.2, 0) is 9.83 Å². The Morgan fingerprint density at radius 3 is 2.75 bits per heavy atom. The standard InChI is InChI=1S/C10H10S2/c1-2-4-9-8(3-1)7-12-10(9)5-6-11-10/h1-4H,5-7H2. The lowest BCUT2D eigenvalue weighted by Gasteiger charge is -2.37. The quantitative estimate of drug-likeness (QED) is 0.622. The van der Waals surface area contributed by atoms with Crippen LogP contribution in [0.5, 0.6) is 0 Å². The van der Waals surface area contributed by atoms with Gasteiger partial charge in [-0.3, -0.25) is 0 Å². The monoisotopic (exact) mass is 194 g/mol. The zero-order valence-corrected chi connectivity index (χ0v) is 8.38. The zero-order chi connectivity index (χ0) is 8.02. The van der Waals surface area contributed by atoms with E-state index in [1.54, 1.807) is 11.1 Å². The van der Waals surface area contributed by atoms with Gasteiger partial charge in [0.25, 0.3) is 0 Å². The predicted molar refractivity (Wildman–Crippen MR) is 56.5 cm³/mol. The van der Waals surface area contributed by atoms with E-state index in [0.29, 0.717) is 4.08 Å². The smallest absolute Gasteiger partial charge is 0.0874 e. The van der Waals surface area contributed by atoms with Crippen LogP contribution in [0, 0.1) is 0 Å². The Kier molecular flexibility index (Phi) is 1.50. The van der Waals surface area contributed by atoms with E-state index in [0.717, 1.165) is 0 Å². The van der Waals surface area contributed by atoms with Crippen LogP contribution in [-0.4, -0.2) is 5.75 Å². The van der Waals surface area contributed by atoms with Crippen LogP contribution in [0.3, 0.4) is 0 Å². The Labute approximate surface area is 81.1 Å². The number of benzene rings is 1. The molecule has 0 amide bonds. The average molecular weight is 194 g/mol. The van der Waals surface area contributed by atoms with Gasteiger partial charge in [-0.05, 0) is 23.3 Å². The normalized spacial score (nSPS) is 31.7. The van der Waals surface area contributed by atoms with Gasteiger partial charge in [-0.25, -0.2) is 0 Å². The molecule has 1 fully saturated rings. The largest absolute Gasteiger partial charge is 0.139 e. The molecule has 0 bridgehead atoms. The van der Waals surface area contributed by atoms with Gasteiger partial charge in [0.15, 0.2) is 0 Å². The van der Waals surface area contributed by atoms with Gasteiger partial charge >= 0.3 is 0 Å². The van der Waals surface area contributed by atoms with E-state index in [1.165, 1.54) is 17.9 Å². The van der Waals surface area contributed by atoms with Gasteiger partial charge in [0.05, 0.1) is 4.08 Å².